The van der Waals surface area contributed by atoms with Gasteiger partial charge in [0.25, 0.3) is 5.91 Å². The Labute approximate surface area is 147 Å². The molecule has 0 atom stereocenters. The van der Waals surface area contributed by atoms with Crippen LogP contribution in [-0.2, 0) is 0 Å². The lowest BCUT2D eigenvalue weighted by Crippen LogP contribution is -2.33. The van der Waals surface area contributed by atoms with E-state index in [0.717, 1.165) is 0 Å². The molecule has 1 N–H and O–H groups in total. The summed E-state index contributed by atoms with van der Waals surface area (Å²) in [5, 5.41) is 7.29. The first-order valence-corrected chi connectivity index (χ1v) is 7.57. The van der Waals surface area contributed by atoms with Crippen LogP contribution in [0, 0.1) is 5.82 Å². The van der Waals surface area contributed by atoms with Gasteiger partial charge in [0.05, 0.1) is 5.69 Å². The summed E-state index contributed by atoms with van der Waals surface area (Å²) in [5.74, 6) is 0.191. The molecule has 0 fully saturated rings. The SMILES string of the molecule is CNCCN(C)C(=O)c1nc(C(C)C)n(-c2cccc(F)c2)n1.Cl. The monoisotopic (exact) mass is 355 g/mol. The Morgan fingerprint density at radius 3 is 2.71 bits per heavy atom. The van der Waals surface area contributed by atoms with Gasteiger partial charge in [0.15, 0.2) is 0 Å². The Kier molecular flexibility index (Phi) is 7.31. The molecule has 0 spiro atoms. The summed E-state index contributed by atoms with van der Waals surface area (Å²) in [6, 6.07) is 6.09. The fourth-order valence-corrected chi connectivity index (χ4v) is 2.14. The Morgan fingerprint density at radius 1 is 1.42 bits per heavy atom. The lowest BCUT2D eigenvalue weighted by Gasteiger charge is -2.14. The van der Waals surface area contributed by atoms with Crippen molar-refractivity contribution in [2.45, 2.75) is 19.8 Å². The number of carbonyl (C=O) groups is 1. The zero-order chi connectivity index (χ0) is 17.0. The minimum absolute atomic E-state index is 0. The van der Waals surface area contributed by atoms with Gasteiger partial charge in [-0.15, -0.1) is 17.5 Å². The molecule has 0 bridgehead atoms. The number of hydrogen-bond donors (Lipinski definition) is 1. The lowest BCUT2D eigenvalue weighted by molar-refractivity contribution is 0.0785. The minimum Gasteiger partial charge on any atom is -0.338 e. The third-order valence-electron chi connectivity index (χ3n) is 3.44. The second kappa shape index (κ2) is 8.75. The van der Waals surface area contributed by atoms with Gasteiger partial charge in [-0.2, -0.15) is 0 Å². The fourth-order valence-electron chi connectivity index (χ4n) is 2.14. The molecule has 0 saturated heterocycles. The van der Waals surface area contributed by atoms with Crippen LogP contribution < -0.4 is 5.32 Å². The summed E-state index contributed by atoms with van der Waals surface area (Å²) >= 11 is 0. The number of amides is 1. The molecule has 6 nitrogen and oxygen atoms in total. The number of hydrogen-bond acceptors (Lipinski definition) is 4. The number of halogens is 2. The van der Waals surface area contributed by atoms with Crippen molar-refractivity contribution in [2.75, 3.05) is 27.2 Å². The first-order valence-electron chi connectivity index (χ1n) is 7.57. The third-order valence-corrected chi connectivity index (χ3v) is 3.44. The highest BCUT2D eigenvalue weighted by atomic mass is 35.5. The van der Waals surface area contributed by atoms with Gasteiger partial charge in [0.2, 0.25) is 5.82 Å². The third kappa shape index (κ3) is 4.52. The van der Waals surface area contributed by atoms with Crippen molar-refractivity contribution in [1.29, 1.82) is 0 Å². The van der Waals surface area contributed by atoms with Gasteiger partial charge in [-0.05, 0) is 25.2 Å². The van der Waals surface area contributed by atoms with Crippen molar-refractivity contribution < 1.29 is 9.18 Å². The minimum atomic E-state index is -0.355. The lowest BCUT2D eigenvalue weighted by atomic mass is 10.2. The van der Waals surface area contributed by atoms with E-state index in [2.05, 4.69) is 15.4 Å². The van der Waals surface area contributed by atoms with E-state index in [1.165, 1.54) is 16.8 Å². The van der Waals surface area contributed by atoms with E-state index in [1.54, 1.807) is 24.1 Å². The predicted octanol–water partition coefficient (Wildman–Crippen LogP) is 2.24. The predicted molar refractivity (Wildman–Crippen MR) is 93.5 cm³/mol. The molecule has 8 heteroatoms. The van der Waals surface area contributed by atoms with Crippen molar-refractivity contribution in [3.63, 3.8) is 0 Å². The van der Waals surface area contributed by atoms with Crippen LogP contribution in [0.1, 0.15) is 36.2 Å². The second-order valence-corrected chi connectivity index (χ2v) is 5.67. The van der Waals surface area contributed by atoms with Crippen LogP contribution in [-0.4, -0.2) is 52.8 Å². The molecule has 0 radical (unpaired) electrons. The van der Waals surface area contributed by atoms with Crippen LogP contribution in [0.2, 0.25) is 0 Å². The number of aromatic nitrogens is 3. The van der Waals surface area contributed by atoms with Gasteiger partial charge in [-0.25, -0.2) is 14.1 Å². The molecular weight excluding hydrogens is 333 g/mol. The van der Waals surface area contributed by atoms with Gasteiger partial charge < -0.3 is 10.2 Å². The highest BCUT2D eigenvalue weighted by Crippen LogP contribution is 2.18. The largest absolute Gasteiger partial charge is 0.338 e. The standard InChI is InChI=1S/C16H22FN5O.ClH/c1-11(2)15-19-14(16(23)21(4)9-8-18-3)20-22(15)13-7-5-6-12(17)10-13;/h5-7,10-11,18H,8-9H2,1-4H3;1H. The fraction of sp³-hybridized carbons (Fsp3) is 0.438. The molecule has 1 aromatic carbocycles. The maximum atomic E-state index is 13.5. The van der Waals surface area contributed by atoms with Crippen molar-refractivity contribution in [3.8, 4) is 5.69 Å². The number of benzene rings is 1. The van der Waals surface area contributed by atoms with Crippen molar-refractivity contribution >= 4 is 18.3 Å². The molecule has 1 aromatic heterocycles. The van der Waals surface area contributed by atoms with E-state index in [0.29, 0.717) is 24.6 Å². The van der Waals surface area contributed by atoms with Gasteiger partial charge in [0.1, 0.15) is 11.6 Å². The van der Waals surface area contributed by atoms with E-state index in [-0.39, 0.29) is 35.9 Å². The summed E-state index contributed by atoms with van der Waals surface area (Å²) in [4.78, 5) is 18.3. The molecule has 2 aromatic rings. The maximum absolute atomic E-state index is 13.5. The number of rotatable bonds is 6. The maximum Gasteiger partial charge on any atom is 0.293 e. The number of nitrogens with one attached hydrogen (secondary N) is 1. The van der Waals surface area contributed by atoms with Gasteiger partial charge in [-0.1, -0.05) is 19.9 Å². The summed E-state index contributed by atoms with van der Waals surface area (Å²) in [6.45, 7) is 5.16. The summed E-state index contributed by atoms with van der Waals surface area (Å²) < 4.78 is 15.0. The normalized spacial score (nSPS) is 10.6. The molecule has 0 aliphatic carbocycles. The van der Waals surface area contributed by atoms with Gasteiger partial charge in [0, 0.05) is 26.1 Å². The number of nitrogens with zero attached hydrogens (tertiary/aromatic N) is 4. The zero-order valence-corrected chi connectivity index (χ0v) is 15.1. The number of likely N-dealkylation sites (N-methyl/N-ethyl adjacent to an activating group) is 2. The Bertz CT molecular complexity index is 689. The molecule has 0 unspecified atom stereocenters. The Balaban J connectivity index is 0.00000288. The molecule has 0 aliphatic rings. The summed E-state index contributed by atoms with van der Waals surface area (Å²) in [5.41, 5.74) is 0.554. The topological polar surface area (TPSA) is 63.1 Å². The first-order chi connectivity index (χ1) is 10.9. The van der Waals surface area contributed by atoms with E-state index in [9.17, 15) is 9.18 Å². The Morgan fingerprint density at radius 2 is 2.12 bits per heavy atom. The average molecular weight is 356 g/mol. The summed E-state index contributed by atoms with van der Waals surface area (Å²) in [7, 11) is 3.53. The van der Waals surface area contributed by atoms with E-state index in [4.69, 9.17) is 0 Å². The first kappa shape index (κ1) is 20.1. The van der Waals surface area contributed by atoms with E-state index in [1.807, 2.05) is 20.9 Å². The molecule has 2 rings (SSSR count). The van der Waals surface area contributed by atoms with Gasteiger partial charge in [-0.3, -0.25) is 4.79 Å². The molecule has 1 heterocycles. The van der Waals surface area contributed by atoms with Crippen LogP contribution in [0.3, 0.4) is 0 Å². The number of carbonyl (C=O) groups excluding carboxylic acids is 1. The molecule has 132 valence electrons. The zero-order valence-electron chi connectivity index (χ0n) is 14.3. The van der Waals surface area contributed by atoms with Crippen molar-refractivity contribution in [3.05, 3.63) is 41.7 Å². The molecule has 0 aliphatic heterocycles. The highest BCUT2D eigenvalue weighted by molar-refractivity contribution is 5.90. The molecule has 24 heavy (non-hydrogen) atoms. The smallest absolute Gasteiger partial charge is 0.293 e. The van der Waals surface area contributed by atoms with Crippen molar-refractivity contribution in [1.82, 2.24) is 25.0 Å². The average Bonchev–Trinajstić information content (AvgIpc) is 2.97. The van der Waals surface area contributed by atoms with Crippen molar-refractivity contribution in [2.24, 2.45) is 0 Å². The summed E-state index contributed by atoms with van der Waals surface area (Å²) in [6.07, 6.45) is 0. The van der Waals surface area contributed by atoms with E-state index < -0.39 is 0 Å². The van der Waals surface area contributed by atoms with Crippen LogP contribution in [0.4, 0.5) is 4.39 Å². The van der Waals surface area contributed by atoms with Gasteiger partial charge >= 0.3 is 0 Å². The molecular formula is C16H23ClFN5O. The van der Waals surface area contributed by atoms with Crippen LogP contribution >= 0.6 is 12.4 Å². The van der Waals surface area contributed by atoms with Crippen LogP contribution in [0.25, 0.3) is 5.69 Å². The second-order valence-electron chi connectivity index (χ2n) is 5.67. The van der Waals surface area contributed by atoms with Crippen LogP contribution in [0.5, 0.6) is 0 Å². The molecule has 1 amide bonds. The highest BCUT2D eigenvalue weighted by Gasteiger charge is 2.21. The quantitative estimate of drug-likeness (QED) is 0.863. The van der Waals surface area contributed by atoms with Crippen LogP contribution in [0.15, 0.2) is 24.3 Å². The Hall–Kier alpha value is -1.99. The van der Waals surface area contributed by atoms with E-state index >= 15 is 0 Å². The molecule has 0 saturated carbocycles.